The van der Waals surface area contributed by atoms with Gasteiger partial charge in [0.15, 0.2) is 17.6 Å². The molecule has 5 heteroatoms. The minimum atomic E-state index is -0.602. The summed E-state index contributed by atoms with van der Waals surface area (Å²) in [5.74, 6) is 0.546. The van der Waals surface area contributed by atoms with Crippen LogP contribution >= 0.6 is 0 Å². The largest absolute Gasteiger partial charge is 0.471 e. The van der Waals surface area contributed by atoms with Crippen molar-refractivity contribution in [3.63, 3.8) is 0 Å². The molecule has 2 unspecified atom stereocenters. The molecule has 2 fully saturated rings. The molecule has 1 N–H and O–H groups in total. The van der Waals surface area contributed by atoms with Gasteiger partial charge in [-0.2, -0.15) is 0 Å². The fourth-order valence-electron chi connectivity index (χ4n) is 4.47. The summed E-state index contributed by atoms with van der Waals surface area (Å²) in [6.45, 7) is 6.00. The Balaban J connectivity index is 1.72. The highest BCUT2D eigenvalue weighted by Crippen LogP contribution is 2.59. The molecule has 1 aromatic heterocycles. The van der Waals surface area contributed by atoms with E-state index in [9.17, 15) is 4.79 Å². The molecule has 3 aliphatic rings. The van der Waals surface area contributed by atoms with Crippen LogP contribution in [0.25, 0.3) is 11.1 Å². The van der Waals surface area contributed by atoms with E-state index in [-0.39, 0.29) is 17.6 Å². The number of hydrogen-bond donors (Lipinski definition) is 1. The third-order valence-electron chi connectivity index (χ3n) is 5.96. The van der Waals surface area contributed by atoms with Crippen LogP contribution in [0.4, 0.5) is 0 Å². The number of aromatic amines is 1. The highest BCUT2D eigenvalue weighted by atomic mass is 16.8. The lowest BCUT2D eigenvalue weighted by molar-refractivity contribution is -0.0924. The molecule has 1 aromatic carbocycles. The minimum absolute atomic E-state index is 0.0176. The van der Waals surface area contributed by atoms with Crippen LogP contribution in [0, 0.1) is 0 Å². The summed E-state index contributed by atoms with van der Waals surface area (Å²) in [7, 11) is 0. The Bertz CT molecular complexity index is 892. The van der Waals surface area contributed by atoms with Gasteiger partial charge in [-0.3, -0.25) is 4.79 Å². The van der Waals surface area contributed by atoms with Gasteiger partial charge in [0.25, 0.3) is 0 Å². The molecule has 2 saturated heterocycles. The molecule has 4 heterocycles. The SMILES string of the molecule is C[C@@H]1OC2OC1(C)[C@@H]1Oc3[nH]cc(-c4ccccc4)c(=O)c3[C@]21C. The molecule has 0 aliphatic carbocycles. The Labute approximate surface area is 139 Å². The lowest BCUT2D eigenvalue weighted by atomic mass is 9.72. The van der Waals surface area contributed by atoms with Crippen molar-refractivity contribution in [1.82, 2.24) is 4.98 Å². The third-order valence-corrected chi connectivity index (χ3v) is 5.96. The predicted molar refractivity (Wildman–Crippen MR) is 88.1 cm³/mol. The van der Waals surface area contributed by atoms with Crippen LogP contribution in [0.2, 0.25) is 0 Å². The minimum Gasteiger partial charge on any atom is -0.471 e. The van der Waals surface area contributed by atoms with Gasteiger partial charge in [-0.1, -0.05) is 30.3 Å². The molecule has 2 bridgehead atoms. The van der Waals surface area contributed by atoms with E-state index in [2.05, 4.69) is 4.98 Å². The standard InChI is InChI=1S/C19H19NO4/c1-10-19(3)16-18(2,17(22-10)24-19)13-14(21)12(9-20-15(13)23-16)11-7-5-4-6-8-11/h4-10,16-17H,1-3H3,(H,20,21)/t10-,16+,17?,18-,19?/m0/s1. The quantitative estimate of drug-likeness (QED) is 0.875. The summed E-state index contributed by atoms with van der Waals surface area (Å²) in [6, 6.07) is 9.66. The van der Waals surface area contributed by atoms with Crippen molar-refractivity contribution < 1.29 is 14.2 Å². The molecule has 0 saturated carbocycles. The van der Waals surface area contributed by atoms with Crippen molar-refractivity contribution in [3.8, 4) is 17.0 Å². The van der Waals surface area contributed by atoms with E-state index >= 15 is 0 Å². The second-order valence-corrected chi connectivity index (χ2v) is 7.29. The van der Waals surface area contributed by atoms with Crippen LogP contribution < -0.4 is 10.2 Å². The maximum Gasteiger partial charge on any atom is 0.199 e. The zero-order valence-electron chi connectivity index (χ0n) is 13.8. The highest BCUT2D eigenvalue weighted by Gasteiger charge is 2.73. The van der Waals surface area contributed by atoms with Crippen LogP contribution in [-0.4, -0.2) is 29.1 Å². The Morgan fingerprint density at radius 2 is 1.92 bits per heavy atom. The highest BCUT2D eigenvalue weighted by molar-refractivity contribution is 5.65. The lowest BCUT2D eigenvalue weighted by Crippen LogP contribution is -2.57. The Morgan fingerprint density at radius 1 is 1.17 bits per heavy atom. The molecule has 0 radical (unpaired) electrons. The van der Waals surface area contributed by atoms with Gasteiger partial charge in [-0.05, 0) is 26.3 Å². The smallest absolute Gasteiger partial charge is 0.199 e. The molecule has 3 aliphatic heterocycles. The van der Waals surface area contributed by atoms with Crippen molar-refractivity contribution in [2.75, 3.05) is 0 Å². The summed E-state index contributed by atoms with van der Waals surface area (Å²) < 4.78 is 18.2. The number of H-pyrrole nitrogens is 1. The van der Waals surface area contributed by atoms with Gasteiger partial charge >= 0.3 is 0 Å². The maximum absolute atomic E-state index is 13.3. The summed E-state index contributed by atoms with van der Waals surface area (Å²) in [4.78, 5) is 16.4. The zero-order valence-corrected chi connectivity index (χ0v) is 13.8. The maximum atomic E-state index is 13.3. The van der Waals surface area contributed by atoms with Crippen LogP contribution in [-0.2, 0) is 14.9 Å². The van der Waals surface area contributed by atoms with E-state index < -0.39 is 17.3 Å². The first-order chi connectivity index (χ1) is 11.5. The normalized spacial score (nSPS) is 38.7. The second-order valence-electron chi connectivity index (χ2n) is 7.29. The average molecular weight is 325 g/mol. The fraction of sp³-hybridized carbons (Fsp3) is 0.421. The van der Waals surface area contributed by atoms with Crippen LogP contribution in [0.15, 0.2) is 41.3 Å². The Kier molecular flexibility index (Phi) is 2.55. The number of rotatable bonds is 1. The number of pyridine rings is 1. The molecule has 0 spiro atoms. The van der Waals surface area contributed by atoms with Crippen LogP contribution in [0.5, 0.6) is 5.88 Å². The average Bonchev–Trinajstić information content (AvgIpc) is 3.12. The second kappa shape index (κ2) is 4.29. The summed E-state index contributed by atoms with van der Waals surface area (Å²) >= 11 is 0. The Hall–Kier alpha value is -2.11. The third kappa shape index (κ3) is 1.45. The van der Waals surface area contributed by atoms with Crippen molar-refractivity contribution in [2.45, 2.75) is 50.3 Å². The number of fused-ring (bicyclic) bond motifs is 7. The molecule has 0 amide bonds. The molecule has 24 heavy (non-hydrogen) atoms. The molecular weight excluding hydrogens is 306 g/mol. The first-order valence-corrected chi connectivity index (χ1v) is 8.28. The molecule has 5 rings (SSSR count). The van der Waals surface area contributed by atoms with Gasteiger partial charge in [-0.15, -0.1) is 0 Å². The summed E-state index contributed by atoms with van der Waals surface area (Å²) in [5.41, 5.74) is 0.991. The van der Waals surface area contributed by atoms with Gasteiger partial charge in [0.1, 0.15) is 11.7 Å². The molecule has 5 nitrogen and oxygen atoms in total. The van der Waals surface area contributed by atoms with Gasteiger partial charge in [0.2, 0.25) is 0 Å². The predicted octanol–water partition coefficient (Wildman–Crippen LogP) is 2.59. The first-order valence-electron chi connectivity index (χ1n) is 8.28. The van der Waals surface area contributed by atoms with E-state index in [0.29, 0.717) is 17.0 Å². The van der Waals surface area contributed by atoms with E-state index in [1.807, 2.05) is 51.1 Å². The van der Waals surface area contributed by atoms with Crippen molar-refractivity contribution in [2.24, 2.45) is 0 Å². The van der Waals surface area contributed by atoms with Gasteiger partial charge in [-0.25, -0.2) is 0 Å². The van der Waals surface area contributed by atoms with Gasteiger partial charge < -0.3 is 19.2 Å². The van der Waals surface area contributed by atoms with Crippen LogP contribution in [0.1, 0.15) is 26.3 Å². The van der Waals surface area contributed by atoms with E-state index in [1.165, 1.54) is 0 Å². The van der Waals surface area contributed by atoms with Crippen LogP contribution in [0.3, 0.4) is 0 Å². The van der Waals surface area contributed by atoms with Crippen molar-refractivity contribution in [3.05, 3.63) is 52.3 Å². The first kappa shape index (κ1) is 14.3. The number of hydrogen-bond acceptors (Lipinski definition) is 4. The molecule has 124 valence electrons. The molecular formula is C19H19NO4. The fourth-order valence-corrected chi connectivity index (χ4v) is 4.47. The molecule has 5 atom stereocenters. The van der Waals surface area contributed by atoms with E-state index in [0.717, 1.165) is 5.56 Å². The van der Waals surface area contributed by atoms with E-state index in [4.69, 9.17) is 14.2 Å². The van der Waals surface area contributed by atoms with Crippen molar-refractivity contribution >= 4 is 0 Å². The zero-order chi connectivity index (χ0) is 16.7. The topological polar surface area (TPSA) is 60.6 Å². The summed E-state index contributed by atoms with van der Waals surface area (Å²) in [6.07, 6.45) is 0.967. The van der Waals surface area contributed by atoms with Gasteiger partial charge in [0, 0.05) is 11.8 Å². The number of nitrogens with one attached hydrogen (secondary N) is 1. The lowest BCUT2D eigenvalue weighted by Gasteiger charge is -2.37. The monoisotopic (exact) mass is 325 g/mol. The Morgan fingerprint density at radius 3 is 2.67 bits per heavy atom. The number of benzene rings is 1. The summed E-state index contributed by atoms with van der Waals surface area (Å²) in [5, 5.41) is 0. The van der Waals surface area contributed by atoms with Crippen molar-refractivity contribution in [1.29, 1.82) is 0 Å². The van der Waals surface area contributed by atoms with E-state index in [1.54, 1.807) is 6.20 Å². The number of aromatic nitrogens is 1. The van der Waals surface area contributed by atoms with Gasteiger partial charge in [0.05, 0.1) is 17.1 Å². The number of ether oxygens (including phenoxy) is 3. The molecule has 2 aromatic rings.